The Labute approximate surface area is 137 Å². The molecule has 0 unspecified atom stereocenters. The highest BCUT2D eigenvalue weighted by atomic mass is 32.2. The van der Waals surface area contributed by atoms with Gasteiger partial charge in [0.05, 0.1) is 20.9 Å². The number of aromatic amines is 1. The molecule has 0 radical (unpaired) electrons. The van der Waals surface area contributed by atoms with Crippen LogP contribution in [0.15, 0.2) is 46.7 Å². The number of hydrogen-bond donors (Lipinski definition) is 1. The molecule has 3 heterocycles. The smallest absolute Gasteiger partial charge is 0.270 e. The van der Waals surface area contributed by atoms with Crippen molar-refractivity contribution in [3.8, 4) is 0 Å². The molecule has 0 aliphatic carbocycles. The second-order valence-corrected chi connectivity index (χ2v) is 8.56. The molecule has 7 heteroatoms. The summed E-state index contributed by atoms with van der Waals surface area (Å²) in [6, 6.07) is 10.7. The van der Waals surface area contributed by atoms with E-state index in [1.165, 1.54) is 0 Å². The van der Waals surface area contributed by atoms with E-state index in [4.69, 9.17) is 0 Å². The van der Waals surface area contributed by atoms with Crippen LogP contribution in [0.4, 0.5) is 0 Å². The SMILES string of the molecule is O=C(c1cc2sccc2[nH]1)N1CCS(=O)(=O)c2ccccc2C1. The number of sulfone groups is 1. The largest absolute Gasteiger partial charge is 0.350 e. The Balaban J connectivity index is 1.70. The Hall–Kier alpha value is -2.12. The first-order valence-electron chi connectivity index (χ1n) is 7.21. The van der Waals surface area contributed by atoms with Gasteiger partial charge in [-0.1, -0.05) is 18.2 Å². The summed E-state index contributed by atoms with van der Waals surface area (Å²) in [5, 5.41) is 1.96. The Morgan fingerprint density at radius 2 is 2.04 bits per heavy atom. The van der Waals surface area contributed by atoms with E-state index in [9.17, 15) is 13.2 Å². The van der Waals surface area contributed by atoms with Crippen molar-refractivity contribution in [2.24, 2.45) is 0 Å². The lowest BCUT2D eigenvalue weighted by atomic mass is 10.2. The Kier molecular flexibility index (Phi) is 3.28. The summed E-state index contributed by atoms with van der Waals surface area (Å²) in [6.45, 7) is 0.503. The van der Waals surface area contributed by atoms with Gasteiger partial charge in [-0.15, -0.1) is 11.3 Å². The molecule has 23 heavy (non-hydrogen) atoms. The van der Waals surface area contributed by atoms with E-state index in [1.54, 1.807) is 40.5 Å². The van der Waals surface area contributed by atoms with Crippen LogP contribution in [0.5, 0.6) is 0 Å². The number of nitrogens with one attached hydrogen (secondary N) is 1. The third-order valence-electron chi connectivity index (χ3n) is 4.06. The maximum absolute atomic E-state index is 12.7. The van der Waals surface area contributed by atoms with Gasteiger partial charge in [0.15, 0.2) is 9.84 Å². The number of hydrogen-bond acceptors (Lipinski definition) is 4. The molecule has 0 spiro atoms. The summed E-state index contributed by atoms with van der Waals surface area (Å²) < 4.78 is 25.7. The first-order valence-corrected chi connectivity index (χ1v) is 9.74. The number of thiophene rings is 1. The molecule has 2 aromatic heterocycles. The monoisotopic (exact) mass is 346 g/mol. The lowest BCUT2D eigenvalue weighted by Gasteiger charge is -2.19. The molecule has 5 nitrogen and oxygen atoms in total. The van der Waals surface area contributed by atoms with Crippen LogP contribution in [0.25, 0.3) is 10.2 Å². The number of fused-ring (bicyclic) bond motifs is 2. The Morgan fingerprint density at radius 3 is 2.87 bits per heavy atom. The van der Waals surface area contributed by atoms with Crippen molar-refractivity contribution in [2.45, 2.75) is 11.4 Å². The first kappa shape index (κ1) is 14.5. The fraction of sp³-hybridized carbons (Fsp3) is 0.188. The predicted molar refractivity (Wildman–Crippen MR) is 89.4 cm³/mol. The van der Waals surface area contributed by atoms with Gasteiger partial charge in [-0.05, 0) is 29.1 Å². The number of carbonyl (C=O) groups is 1. The highest BCUT2D eigenvalue weighted by Crippen LogP contribution is 2.25. The van der Waals surface area contributed by atoms with Gasteiger partial charge in [0.1, 0.15) is 5.69 Å². The minimum Gasteiger partial charge on any atom is -0.350 e. The van der Waals surface area contributed by atoms with E-state index >= 15 is 0 Å². The average Bonchev–Trinajstić information content (AvgIpc) is 3.09. The molecule has 1 N–H and O–H groups in total. The van der Waals surface area contributed by atoms with Crippen LogP contribution in [0.1, 0.15) is 16.1 Å². The van der Waals surface area contributed by atoms with Crippen LogP contribution in [-0.2, 0) is 16.4 Å². The molecule has 0 saturated carbocycles. The van der Waals surface area contributed by atoms with Crippen molar-refractivity contribution < 1.29 is 13.2 Å². The molecule has 0 fully saturated rings. The molecule has 1 amide bonds. The Morgan fingerprint density at radius 1 is 1.22 bits per heavy atom. The summed E-state index contributed by atoms with van der Waals surface area (Å²) in [6.07, 6.45) is 0. The van der Waals surface area contributed by atoms with E-state index in [-0.39, 0.29) is 18.2 Å². The molecule has 0 atom stereocenters. The van der Waals surface area contributed by atoms with Gasteiger partial charge in [0.25, 0.3) is 5.91 Å². The van der Waals surface area contributed by atoms with Crippen molar-refractivity contribution in [1.29, 1.82) is 0 Å². The second kappa shape index (κ2) is 5.21. The normalized spacial score (nSPS) is 17.0. The summed E-state index contributed by atoms with van der Waals surface area (Å²) >= 11 is 1.57. The van der Waals surface area contributed by atoms with Crippen LogP contribution in [-0.4, -0.2) is 36.5 Å². The average molecular weight is 346 g/mol. The van der Waals surface area contributed by atoms with Crippen LogP contribution >= 0.6 is 11.3 Å². The van der Waals surface area contributed by atoms with Gasteiger partial charge < -0.3 is 9.88 Å². The number of aromatic nitrogens is 1. The highest BCUT2D eigenvalue weighted by Gasteiger charge is 2.28. The standard InChI is InChI=1S/C16H14N2O3S2/c19-16(13-9-14-12(17-13)5-7-22-14)18-6-8-23(20,21)15-4-2-1-3-11(15)10-18/h1-5,7,9,17H,6,8,10H2. The van der Waals surface area contributed by atoms with E-state index in [1.807, 2.05) is 17.5 Å². The molecular weight excluding hydrogens is 332 g/mol. The van der Waals surface area contributed by atoms with Gasteiger partial charge in [0, 0.05) is 13.1 Å². The summed E-state index contributed by atoms with van der Waals surface area (Å²) in [7, 11) is -3.34. The lowest BCUT2D eigenvalue weighted by Crippen LogP contribution is -2.32. The van der Waals surface area contributed by atoms with Crippen molar-refractivity contribution >= 4 is 37.3 Å². The maximum atomic E-state index is 12.7. The number of rotatable bonds is 1. The molecule has 1 aliphatic rings. The number of amides is 1. The van der Waals surface area contributed by atoms with Crippen molar-refractivity contribution in [1.82, 2.24) is 9.88 Å². The van der Waals surface area contributed by atoms with Gasteiger partial charge in [-0.3, -0.25) is 4.79 Å². The van der Waals surface area contributed by atoms with E-state index in [0.29, 0.717) is 22.7 Å². The van der Waals surface area contributed by atoms with Crippen LogP contribution < -0.4 is 0 Å². The number of benzene rings is 1. The van der Waals surface area contributed by atoms with Gasteiger partial charge in [-0.25, -0.2) is 8.42 Å². The zero-order valence-corrected chi connectivity index (χ0v) is 13.8. The highest BCUT2D eigenvalue weighted by molar-refractivity contribution is 7.91. The molecule has 1 aliphatic heterocycles. The van der Waals surface area contributed by atoms with E-state index in [0.717, 1.165) is 10.2 Å². The molecule has 0 saturated heterocycles. The third kappa shape index (κ3) is 2.46. The summed E-state index contributed by atoms with van der Waals surface area (Å²) in [5.41, 5.74) is 2.11. The fourth-order valence-electron chi connectivity index (χ4n) is 2.87. The first-order chi connectivity index (χ1) is 11.0. The van der Waals surface area contributed by atoms with Gasteiger partial charge in [0.2, 0.25) is 0 Å². The van der Waals surface area contributed by atoms with E-state index in [2.05, 4.69) is 4.98 Å². The quantitative estimate of drug-likeness (QED) is 0.736. The van der Waals surface area contributed by atoms with Crippen LogP contribution in [0.3, 0.4) is 0 Å². The minimum atomic E-state index is -3.34. The minimum absolute atomic E-state index is 0.0508. The third-order valence-corrected chi connectivity index (χ3v) is 6.71. The lowest BCUT2D eigenvalue weighted by molar-refractivity contribution is 0.0749. The van der Waals surface area contributed by atoms with Crippen molar-refractivity contribution in [3.05, 3.63) is 53.0 Å². The predicted octanol–water partition coefficient (Wildman–Crippen LogP) is 2.66. The van der Waals surface area contributed by atoms with Crippen LogP contribution in [0.2, 0.25) is 0 Å². The zero-order valence-electron chi connectivity index (χ0n) is 12.2. The molecule has 118 valence electrons. The van der Waals surface area contributed by atoms with E-state index < -0.39 is 9.84 Å². The molecule has 1 aromatic carbocycles. The fourth-order valence-corrected chi connectivity index (χ4v) is 5.15. The Bertz CT molecular complexity index is 973. The molecule has 3 aromatic rings. The number of H-pyrrole nitrogens is 1. The maximum Gasteiger partial charge on any atom is 0.270 e. The second-order valence-electron chi connectivity index (χ2n) is 5.53. The topological polar surface area (TPSA) is 70.2 Å². The van der Waals surface area contributed by atoms with Crippen molar-refractivity contribution in [3.63, 3.8) is 0 Å². The number of carbonyl (C=O) groups excluding carboxylic acids is 1. The van der Waals surface area contributed by atoms with Gasteiger partial charge >= 0.3 is 0 Å². The molecule has 4 rings (SSSR count). The molecular formula is C16H14N2O3S2. The van der Waals surface area contributed by atoms with Crippen LogP contribution in [0, 0.1) is 0 Å². The molecule has 0 bridgehead atoms. The van der Waals surface area contributed by atoms with Crippen molar-refractivity contribution in [2.75, 3.05) is 12.3 Å². The zero-order chi connectivity index (χ0) is 16.0. The van der Waals surface area contributed by atoms with Gasteiger partial charge in [-0.2, -0.15) is 0 Å². The summed E-state index contributed by atoms with van der Waals surface area (Å²) in [4.78, 5) is 17.8. The summed E-state index contributed by atoms with van der Waals surface area (Å²) in [5.74, 6) is -0.217. The number of nitrogens with zero attached hydrogens (tertiary/aromatic N) is 1.